The largest absolute Gasteiger partial charge is 0.448 e. The quantitative estimate of drug-likeness (QED) is 0.845. The second-order valence-corrected chi connectivity index (χ2v) is 5.16. The van der Waals surface area contributed by atoms with Crippen LogP contribution in [-0.2, 0) is 16.8 Å². The van der Waals surface area contributed by atoms with Gasteiger partial charge in [-0.3, -0.25) is 0 Å². The lowest BCUT2D eigenvalue weighted by atomic mass is 10.5. The van der Waals surface area contributed by atoms with Gasteiger partial charge in [-0.05, 0) is 23.7 Å². The van der Waals surface area contributed by atoms with Crippen LogP contribution in [0.4, 0.5) is 0 Å². The first-order valence-electron chi connectivity index (χ1n) is 3.83. The van der Waals surface area contributed by atoms with Gasteiger partial charge < -0.3 is 4.42 Å². The van der Waals surface area contributed by atoms with Gasteiger partial charge in [-0.15, -0.1) is 0 Å². The molecule has 0 saturated carbocycles. The molecule has 0 aliphatic carbocycles. The highest BCUT2D eigenvalue weighted by Gasteiger charge is 2.13. The summed E-state index contributed by atoms with van der Waals surface area (Å²) in [6.07, 6.45) is 0. The van der Waals surface area contributed by atoms with Crippen molar-refractivity contribution >= 4 is 21.8 Å². The Labute approximate surface area is 87.8 Å². The maximum atomic E-state index is 11.3. The summed E-state index contributed by atoms with van der Waals surface area (Å²) in [5, 5.41) is 0.240. The zero-order valence-electron chi connectivity index (χ0n) is 7.82. The Morgan fingerprint density at radius 3 is 2.57 bits per heavy atom. The summed E-state index contributed by atoms with van der Waals surface area (Å²) in [7, 11) is -0.523. The molecule has 1 N–H and O–H groups in total. The summed E-state index contributed by atoms with van der Waals surface area (Å²) in [6, 6.07) is 3.17. The van der Waals surface area contributed by atoms with Crippen LogP contribution >= 0.6 is 11.6 Å². The fraction of sp³-hybridized carbons (Fsp3) is 0.429. The van der Waals surface area contributed by atoms with E-state index in [0.29, 0.717) is 5.76 Å². The van der Waals surface area contributed by atoms with Crippen LogP contribution < -0.4 is 4.72 Å². The molecular formula is C7H11ClN2O3S. The van der Waals surface area contributed by atoms with E-state index < -0.39 is 10.2 Å². The number of hydrogen-bond donors (Lipinski definition) is 1. The molecule has 1 heterocycles. The molecule has 80 valence electrons. The van der Waals surface area contributed by atoms with Crippen molar-refractivity contribution in [1.82, 2.24) is 9.03 Å². The number of hydrogen-bond acceptors (Lipinski definition) is 3. The molecule has 0 aliphatic heterocycles. The van der Waals surface area contributed by atoms with Gasteiger partial charge in [-0.25, -0.2) is 0 Å². The molecule has 0 saturated heterocycles. The van der Waals surface area contributed by atoms with Crippen molar-refractivity contribution in [2.24, 2.45) is 0 Å². The van der Waals surface area contributed by atoms with Crippen molar-refractivity contribution in [1.29, 1.82) is 0 Å². The van der Waals surface area contributed by atoms with Gasteiger partial charge in [0.05, 0.1) is 6.54 Å². The van der Waals surface area contributed by atoms with Crippen molar-refractivity contribution in [2.75, 3.05) is 14.1 Å². The van der Waals surface area contributed by atoms with Gasteiger partial charge in [0.15, 0.2) is 5.22 Å². The second kappa shape index (κ2) is 4.31. The Morgan fingerprint density at radius 2 is 2.14 bits per heavy atom. The van der Waals surface area contributed by atoms with E-state index in [4.69, 9.17) is 16.0 Å². The van der Waals surface area contributed by atoms with Crippen molar-refractivity contribution in [3.8, 4) is 0 Å². The van der Waals surface area contributed by atoms with Crippen LogP contribution in [0.1, 0.15) is 5.76 Å². The normalized spacial score (nSPS) is 12.3. The summed E-state index contributed by atoms with van der Waals surface area (Å²) in [6.45, 7) is 0.0905. The van der Waals surface area contributed by atoms with Crippen molar-refractivity contribution in [3.63, 3.8) is 0 Å². The minimum Gasteiger partial charge on any atom is -0.448 e. The number of nitrogens with zero attached hydrogens (tertiary/aromatic N) is 1. The molecule has 7 heteroatoms. The van der Waals surface area contributed by atoms with Crippen LogP contribution in [0, 0.1) is 0 Å². The topological polar surface area (TPSA) is 62.6 Å². The van der Waals surface area contributed by atoms with Gasteiger partial charge in [-0.2, -0.15) is 17.4 Å². The molecule has 0 amide bonds. The number of nitrogens with one attached hydrogen (secondary N) is 1. The molecule has 0 aliphatic rings. The maximum absolute atomic E-state index is 11.3. The van der Waals surface area contributed by atoms with Crippen LogP contribution in [0.25, 0.3) is 0 Å². The number of furan rings is 1. The highest BCUT2D eigenvalue weighted by atomic mass is 35.5. The molecule has 0 aromatic carbocycles. The van der Waals surface area contributed by atoms with Gasteiger partial charge in [0.25, 0.3) is 10.2 Å². The summed E-state index contributed by atoms with van der Waals surface area (Å²) < 4.78 is 30.9. The number of halogens is 1. The van der Waals surface area contributed by atoms with Crippen molar-refractivity contribution in [3.05, 3.63) is 23.1 Å². The molecule has 1 rings (SSSR count). The molecule has 0 fully saturated rings. The molecule has 14 heavy (non-hydrogen) atoms. The Hall–Kier alpha value is -0.560. The first-order valence-corrected chi connectivity index (χ1v) is 5.65. The van der Waals surface area contributed by atoms with E-state index in [0.717, 1.165) is 4.31 Å². The van der Waals surface area contributed by atoms with Crippen LogP contribution in [0.5, 0.6) is 0 Å². The van der Waals surface area contributed by atoms with Gasteiger partial charge in [0, 0.05) is 14.1 Å². The third-order valence-corrected chi connectivity index (χ3v) is 3.21. The predicted molar refractivity (Wildman–Crippen MR) is 53.2 cm³/mol. The lowest BCUT2D eigenvalue weighted by Crippen LogP contribution is -2.35. The summed E-state index contributed by atoms with van der Waals surface area (Å²) in [5.74, 6) is 0.473. The fourth-order valence-corrected chi connectivity index (χ4v) is 1.48. The zero-order chi connectivity index (χ0) is 10.8. The monoisotopic (exact) mass is 238 g/mol. The fourth-order valence-electron chi connectivity index (χ4n) is 0.738. The third-order valence-electron chi connectivity index (χ3n) is 1.54. The smallest absolute Gasteiger partial charge is 0.279 e. The Kier molecular flexibility index (Phi) is 3.54. The lowest BCUT2D eigenvalue weighted by molar-refractivity contribution is 0.478. The first-order chi connectivity index (χ1) is 6.42. The molecule has 5 nitrogen and oxygen atoms in total. The molecular weight excluding hydrogens is 228 g/mol. The molecule has 1 aromatic heterocycles. The molecule has 0 bridgehead atoms. The Balaban J connectivity index is 2.57. The summed E-state index contributed by atoms with van der Waals surface area (Å²) in [4.78, 5) is 0. The predicted octanol–water partition coefficient (Wildman–Crippen LogP) is 0.829. The average Bonchev–Trinajstić information content (AvgIpc) is 2.48. The molecule has 0 radical (unpaired) electrons. The molecule has 1 aromatic rings. The minimum atomic E-state index is -3.41. The van der Waals surface area contributed by atoms with Crippen LogP contribution in [0.3, 0.4) is 0 Å². The van der Waals surface area contributed by atoms with E-state index in [1.165, 1.54) is 14.1 Å². The zero-order valence-corrected chi connectivity index (χ0v) is 9.39. The second-order valence-electron chi connectivity index (χ2n) is 2.81. The van der Waals surface area contributed by atoms with E-state index in [1.54, 1.807) is 12.1 Å². The maximum Gasteiger partial charge on any atom is 0.279 e. The van der Waals surface area contributed by atoms with Crippen LogP contribution in [0.15, 0.2) is 16.5 Å². The first kappa shape index (κ1) is 11.5. The van der Waals surface area contributed by atoms with Gasteiger partial charge >= 0.3 is 0 Å². The average molecular weight is 239 g/mol. The molecule has 0 unspecified atom stereocenters. The standard InChI is InChI=1S/C7H11ClN2O3S/c1-10(2)14(11,12)9-5-6-3-4-7(8)13-6/h3-4,9H,5H2,1-2H3. The van der Waals surface area contributed by atoms with Crippen LogP contribution in [0.2, 0.25) is 5.22 Å². The Bertz CT molecular complexity index is 399. The Morgan fingerprint density at radius 1 is 1.50 bits per heavy atom. The van der Waals surface area contributed by atoms with E-state index in [1.807, 2.05) is 0 Å². The summed E-state index contributed by atoms with van der Waals surface area (Å²) in [5.41, 5.74) is 0. The molecule has 0 atom stereocenters. The minimum absolute atomic E-state index is 0.0905. The number of rotatable bonds is 4. The SMILES string of the molecule is CN(C)S(=O)(=O)NCc1ccc(Cl)o1. The lowest BCUT2D eigenvalue weighted by Gasteiger charge is -2.10. The summed E-state index contributed by atoms with van der Waals surface area (Å²) >= 11 is 5.52. The van der Waals surface area contributed by atoms with E-state index in [-0.39, 0.29) is 11.8 Å². The van der Waals surface area contributed by atoms with E-state index >= 15 is 0 Å². The highest BCUT2D eigenvalue weighted by molar-refractivity contribution is 7.87. The highest BCUT2D eigenvalue weighted by Crippen LogP contribution is 2.12. The van der Waals surface area contributed by atoms with Gasteiger partial charge in [-0.1, -0.05) is 0 Å². The van der Waals surface area contributed by atoms with Gasteiger partial charge in [0.1, 0.15) is 5.76 Å². The van der Waals surface area contributed by atoms with Crippen molar-refractivity contribution < 1.29 is 12.8 Å². The van der Waals surface area contributed by atoms with Crippen molar-refractivity contribution in [2.45, 2.75) is 6.54 Å². The van der Waals surface area contributed by atoms with E-state index in [2.05, 4.69) is 4.72 Å². The molecule has 0 spiro atoms. The van der Waals surface area contributed by atoms with E-state index in [9.17, 15) is 8.42 Å². The van der Waals surface area contributed by atoms with Gasteiger partial charge in [0.2, 0.25) is 0 Å². The third kappa shape index (κ3) is 2.98. The van der Waals surface area contributed by atoms with Crippen LogP contribution in [-0.4, -0.2) is 26.8 Å².